The number of pyridine rings is 1. The molecule has 1 unspecified atom stereocenters. The van der Waals surface area contributed by atoms with Gasteiger partial charge in [0.2, 0.25) is 0 Å². The number of aryl methyl sites for hydroxylation is 1. The summed E-state index contributed by atoms with van der Waals surface area (Å²) in [5.74, 6) is 3.12. The number of nitrogens with one attached hydrogen (secondary N) is 8. The molecule has 6 aromatic carbocycles. The number of Topliss-reactive ketones (excluding diaryl/α,β-unsaturated/α-hetero) is 1. The van der Waals surface area contributed by atoms with Gasteiger partial charge in [0.15, 0.2) is 5.78 Å². The van der Waals surface area contributed by atoms with Crippen molar-refractivity contribution in [1.82, 2.24) is 46.1 Å². The number of rotatable bonds is 22. The van der Waals surface area contributed by atoms with E-state index >= 15 is 0 Å². The first kappa shape index (κ1) is 74.1. The number of fused-ring (bicyclic) bond motifs is 3. The number of amides is 1. The summed E-state index contributed by atoms with van der Waals surface area (Å²) in [5.41, 5.74) is 6.68. The third kappa shape index (κ3) is 21.7. The van der Waals surface area contributed by atoms with E-state index in [9.17, 15) is 23.5 Å². The first-order chi connectivity index (χ1) is 48.8. The monoisotopic (exact) mass is 1490 g/mol. The minimum absolute atomic E-state index is 0.120. The molecule has 5 aromatic heterocycles. The molecule has 530 valence electrons. The fourth-order valence-electron chi connectivity index (χ4n) is 13.5. The number of para-hydroxylation sites is 2. The molecule has 9 N–H and O–H groups in total. The third-order valence-corrected chi connectivity index (χ3v) is 19.7. The van der Waals surface area contributed by atoms with Crippen molar-refractivity contribution >= 4 is 107 Å². The molecular formula is C79H87BrCl3F2N11O5. The zero-order valence-electron chi connectivity index (χ0n) is 56.9. The van der Waals surface area contributed by atoms with Crippen molar-refractivity contribution in [2.24, 2.45) is 17.8 Å². The van der Waals surface area contributed by atoms with Gasteiger partial charge in [-0.05, 0) is 202 Å². The first-order valence-corrected chi connectivity index (χ1v) is 36.6. The Hall–Kier alpha value is -8.11. The zero-order chi connectivity index (χ0) is 70.8. The Labute approximate surface area is 611 Å². The van der Waals surface area contributed by atoms with Crippen LogP contribution in [0.1, 0.15) is 103 Å². The van der Waals surface area contributed by atoms with E-state index in [1.54, 1.807) is 12.3 Å². The minimum atomic E-state index is -3.80. The van der Waals surface area contributed by atoms with Gasteiger partial charge >= 0.3 is 5.57 Å². The van der Waals surface area contributed by atoms with Crippen LogP contribution in [0, 0.1) is 17.8 Å². The maximum absolute atomic E-state index is 12.9. The van der Waals surface area contributed by atoms with E-state index in [0.717, 1.165) is 129 Å². The summed E-state index contributed by atoms with van der Waals surface area (Å²) < 4.78 is 36.3. The molecule has 22 heteroatoms. The maximum atomic E-state index is 12.9. The molecule has 3 aliphatic rings. The van der Waals surface area contributed by atoms with Gasteiger partial charge in [-0.25, -0.2) is 4.98 Å². The molecule has 3 aliphatic heterocycles. The maximum Gasteiger partial charge on any atom is 0.487 e. The molecule has 3 saturated heterocycles. The number of piperidine rings is 2. The van der Waals surface area contributed by atoms with Crippen molar-refractivity contribution in [3.05, 3.63) is 225 Å². The smallest absolute Gasteiger partial charge is 0.487 e. The van der Waals surface area contributed by atoms with Crippen LogP contribution in [0.4, 0.5) is 20.3 Å². The Balaban J connectivity index is 0.000000138. The van der Waals surface area contributed by atoms with Gasteiger partial charge in [-0.1, -0.05) is 115 Å². The van der Waals surface area contributed by atoms with Gasteiger partial charge in [0.05, 0.1) is 16.8 Å². The number of ether oxygens (including phenoxy) is 2. The molecule has 14 rings (SSSR count). The van der Waals surface area contributed by atoms with Crippen LogP contribution in [-0.2, 0) is 19.3 Å². The van der Waals surface area contributed by atoms with E-state index in [1.165, 1.54) is 83.7 Å². The average molecular weight is 1490 g/mol. The second-order valence-electron chi connectivity index (χ2n) is 26.8. The SMILES string of the molecule is CC(C)NCC(O)COc1cccc2cc[nH]c12.C[C@@H]1CCN(c2ncc(C(=O)Nc3ccc(OC(F)(F)Cl)cc3)cc2-c2ccn[nH]2)C1.Clc1ccc(C[C@@H]2C[C@@H](CCc3c[nH]c4ccccc34)CCN2)cc1.O=C(C[C@H]1CCN[C@H](Cc2ccc(Cl)cc2)C1)c1c[nH]c2ccc(Br)cc12. The van der Waals surface area contributed by atoms with E-state index in [1.807, 2.05) is 99.0 Å². The van der Waals surface area contributed by atoms with Crippen LogP contribution >= 0.6 is 50.7 Å². The standard InChI is InChI=1S/C22H22BrClN2O.C22H25ClN2.C21H20ClF2N5O2.C14H20N2O2/c23-16-3-6-21-19(12-16)20(13-26-21)22(27)11-15-7-8-25-18(10-15)9-14-1-4-17(24)5-2-14;23-19-9-6-16(7-10-19)13-20-14-17(11-12-24-20)5-8-18-15-25-22-4-2-1-3-21(18)22;1-13-7-9-29(12-13)19-17(18-6-8-26-28-18)10-14(11-25-19)20(30)27-15-2-4-16(5-3-15)31-21(22,23)24;1-10(2)16-8-12(17)9-18-13-5-3-4-11-6-7-15-14(11)13/h1-6,12-13,15,18,25-26H,7-11H2;1-4,6-7,9-10,15,17,20,24-25H,5,8,11-14H2;2-6,8,10-11,13H,7,9,12H2,1H3,(H,26,28)(H,27,30);3-7,10,12,15-17H,8-9H2,1-2H3/t15-,18+;17-,20+;13-;/m001./s1. The number of nitrogens with zero attached hydrogens (tertiary/aromatic N) is 3. The van der Waals surface area contributed by atoms with Crippen LogP contribution < -0.4 is 35.6 Å². The lowest BCUT2D eigenvalue weighted by molar-refractivity contribution is -0.0964. The average Bonchev–Trinajstić information content (AvgIpc) is 1.75. The summed E-state index contributed by atoms with van der Waals surface area (Å²) in [6.45, 7) is 11.0. The lowest BCUT2D eigenvalue weighted by atomic mass is 9.85. The number of halogens is 6. The van der Waals surface area contributed by atoms with Gasteiger partial charge in [-0.3, -0.25) is 14.7 Å². The molecule has 16 nitrogen and oxygen atoms in total. The number of alkyl halides is 3. The Kier molecular flexibility index (Phi) is 26.2. The number of aromatic amines is 4. The molecule has 3 fully saturated rings. The van der Waals surface area contributed by atoms with Crippen LogP contribution in [0.2, 0.25) is 10.0 Å². The molecule has 6 atom stereocenters. The Bertz CT molecular complexity index is 4430. The molecule has 0 spiro atoms. The number of ketones is 1. The highest BCUT2D eigenvalue weighted by molar-refractivity contribution is 9.10. The highest BCUT2D eigenvalue weighted by Crippen LogP contribution is 2.35. The quantitative estimate of drug-likeness (QED) is 0.0230. The first-order valence-electron chi connectivity index (χ1n) is 34.6. The third-order valence-electron chi connectivity index (χ3n) is 18.6. The molecule has 0 aliphatic carbocycles. The second kappa shape index (κ2) is 35.7. The lowest BCUT2D eigenvalue weighted by Crippen LogP contribution is -2.40. The number of aromatic nitrogens is 6. The van der Waals surface area contributed by atoms with E-state index in [2.05, 4.69) is 139 Å². The van der Waals surface area contributed by atoms with Crippen LogP contribution in [-0.4, -0.2) is 116 Å². The number of hydrogen-bond acceptors (Lipinski definition) is 11. The van der Waals surface area contributed by atoms with Gasteiger partial charge in [0.1, 0.15) is 30.0 Å². The number of H-pyrrole nitrogens is 4. The summed E-state index contributed by atoms with van der Waals surface area (Å²) in [7, 11) is 0. The van der Waals surface area contributed by atoms with Crippen molar-refractivity contribution in [2.75, 3.05) is 49.5 Å². The summed E-state index contributed by atoms with van der Waals surface area (Å²) in [6, 6.07) is 49.3. The lowest BCUT2D eigenvalue weighted by Gasteiger charge is -2.30. The van der Waals surface area contributed by atoms with Crippen LogP contribution in [0.15, 0.2) is 187 Å². The van der Waals surface area contributed by atoms with Crippen molar-refractivity contribution in [3.8, 4) is 22.8 Å². The number of aliphatic hydroxyl groups is 1. The number of benzene rings is 6. The Morgan fingerprint density at radius 3 is 2.16 bits per heavy atom. The number of carbonyl (C=O) groups excluding carboxylic acids is 2. The van der Waals surface area contributed by atoms with Gasteiger partial charge in [-0.2, -0.15) is 5.10 Å². The molecule has 11 aromatic rings. The predicted molar refractivity (Wildman–Crippen MR) is 407 cm³/mol. The Morgan fingerprint density at radius 1 is 0.782 bits per heavy atom. The van der Waals surface area contributed by atoms with E-state index in [0.29, 0.717) is 54.2 Å². The zero-order valence-corrected chi connectivity index (χ0v) is 60.7. The van der Waals surface area contributed by atoms with Gasteiger partial charge in [-0.15, -0.1) is 8.78 Å². The van der Waals surface area contributed by atoms with Crippen molar-refractivity contribution in [2.45, 2.75) is 115 Å². The van der Waals surface area contributed by atoms with Crippen LogP contribution in [0.25, 0.3) is 44.0 Å². The topological polar surface area (TPSA) is 213 Å². The molecule has 101 heavy (non-hydrogen) atoms. The normalized spacial score (nSPS) is 17.9. The fraction of sp³-hybridized carbons (Fsp3) is 0.342. The van der Waals surface area contributed by atoms with E-state index in [-0.39, 0.29) is 24.0 Å². The molecule has 1 amide bonds. The number of carbonyl (C=O) groups is 2. The van der Waals surface area contributed by atoms with Crippen molar-refractivity contribution < 1.29 is 33.0 Å². The highest BCUT2D eigenvalue weighted by atomic mass is 79.9. The molecule has 0 radical (unpaired) electrons. The van der Waals surface area contributed by atoms with Crippen molar-refractivity contribution in [1.29, 1.82) is 0 Å². The second-order valence-corrected chi connectivity index (χ2v) is 29.0. The molecule has 0 saturated carbocycles. The summed E-state index contributed by atoms with van der Waals surface area (Å²) in [5, 5.41) is 35.0. The number of hydrogen-bond donors (Lipinski definition) is 9. The van der Waals surface area contributed by atoms with Crippen molar-refractivity contribution in [3.63, 3.8) is 0 Å². The van der Waals surface area contributed by atoms with Gasteiger partial charge < -0.3 is 55.7 Å². The minimum Gasteiger partial charge on any atom is -0.489 e. The largest absolute Gasteiger partial charge is 0.489 e. The Morgan fingerprint density at radius 2 is 1.48 bits per heavy atom. The summed E-state index contributed by atoms with van der Waals surface area (Å²) in [4.78, 5) is 42.2. The van der Waals surface area contributed by atoms with Crippen LogP contribution in [0.5, 0.6) is 11.5 Å². The van der Waals surface area contributed by atoms with Gasteiger partial charge in [0.25, 0.3) is 5.91 Å². The number of aliphatic hydroxyl groups excluding tert-OH is 1. The van der Waals surface area contributed by atoms with E-state index < -0.39 is 11.7 Å². The van der Waals surface area contributed by atoms with Gasteiger partial charge in [0, 0.05) is 145 Å². The molecular weight excluding hydrogens is 1410 g/mol. The fourth-order valence-corrected chi connectivity index (χ4v) is 14.2. The van der Waals surface area contributed by atoms with Crippen LogP contribution in [0.3, 0.4) is 0 Å². The molecule has 0 bridgehead atoms. The highest BCUT2D eigenvalue weighted by Gasteiger charge is 2.29. The van der Waals surface area contributed by atoms with E-state index in [4.69, 9.17) is 39.5 Å². The number of anilines is 2. The summed E-state index contributed by atoms with van der Waals surface area (Å²) >= 11 is 20.2. The predicted octanol–water partition coefficient (Wildman–Crippen LogP) is 17.8. The molecule has 8 heterocycles. The summed E-state index contributed by atoms with van der Waals surface area (Å²) in [6.07, 6.45) is 19.4.